The summed E-state index contributed by atoms with van der Waals surface area (Å²) in [6.45, 7) is 1.97. The molecule has 1 aliphatic rings. The molecule has 1 aliphatic heterocycles. The maximum absolute atomic E-state index is 4.05. The molecule has 21 heavy (non-hydrogen) atoms. The smallest absolute Gasteiger partial charge is 0.0670 e. The lowest BCUT2D eigenvalue weighted by atomic mass is 10.1. The lowest BCUT2D eigenvalue weighted by molar-refractivity contribution is 0.955. The minimum atomic E-state index is 0.844. The molecule has 0 spiro atoms. The van der Waals surface area contributed by atoms with Crippen LogP contribution in [0.25, 0.3) is 10.9 Å². The van der Waals surface area contributed by atoms with Crippen LogP contribution in [0.5, 0.6) is 0 Å². The lowest BCUT2D eigenvalue weighted by Gasteiger charge is -2.12. The number of likely N-dealkylation sites (N-methyl/N-ethyl adjacent to an activating group) is 1. The molecular weight excluding hydrogens is 260 g/mol. The zero-order valence-electron chi connectivity index (χ0n) is 12.1. The van der Waals surface area contributed by atoms with Gasteiger partial charge in [0.05, 0.1) is 11.7 Å². The standard InChI is InChI=1S/C17H18N4/c1-21-7-6-13-8-12(2-5-17(13)21)10-18-15-4-3-14-11-19-20-16(14)9-15/h2-5,8-9,11,18H,6-7,10H2,1H3,(H,19,20). The maximum atomic E-state index is 4.05. The van der Waals surface area contributed by atoms with Crippen LogP contribution in [0.2, 0.25) is 0 Å². The van der Waals surface area contributed by atoms with Crippen molar-refractivity contribution in [3.63, 3.8) is 0 Å². The fraction of sp³-hybridized carbons (Fsp3) is 0.235. The fourth-order valence-corrected chi connectivity index (χ4v) is 2.98. The number of H-pyrrole nitrogens is 1. The number of fused-ring (bicyclic) bond motifs is 2. The number of hydrogen-bond donors (Lipinski definition) is 2. The first-order valence-corrected chi connectivity index (χ1v) is 7.29. The van der Waals surface area contributed by atoms with E-state index < -0.39 is 0 Å². The van der Waals surface area contributed by atoms with Crippen LogP contribution in [0.1, 0.15) is 11.1 Å². The van der Waals surface area contributed by atoms with E-state index in [1.165, 1.54) is 16.8 Å². The Morgan fingerprint density at radius 1 is 1.24 bits per heavy atom. The van der Waals surface area contributed by atoms with Gasteiger partial charge < -0.3 is 10.2 Å². The molecule has 0 amide bonds. The van der Waals surface area contributed by atoms with E-state index >= 15 is 0 Å². The highest BCUT2D eigenvalue weighted by Crippen LogP contribution is 2.27. The largest absolute Gasteiger partial charge is 0.381 e. The van der Waals surface area contributed by atoms with Gasteiger partial charge in [-0.2, -0.15) is 5.10 Å². The molecule has 4 nitrogen and oxygen atoms in total. The van der Waals surface area contributed by atoms with Crippen LogP contribution in [0.4, 0.5) is 11.4 Å². The van der Waals surface area contributed by atoms with Crippen molar-refractivity contribution in [2.24, 2.45) is 0 Å². The zero-order valence-corrected chi connectivity index (χ0v) is 12.1. The fourth-order valence-electron chi connectivity index (χ4n) is 2.98. The maximum Gasteiger partial charge on any atom is 0.0670 e. The topological polar surface area (TPSA) is 44.0 Å². The van der Waals surface area contributed by atoms with Gasteiger partial charge in [0.1, 0.15) is 0 Å². The quantitative estimate of drug-likeness (QED) is 0.773. The van der Waals surface area contributed by atoms with Gasteiger partial charge in [0.2, 0.25) is 0 Å². The molecule has 2 N–H and O–H groups in total. The second-order valence-electron chi connectivity index (χ2n) is 5.66. The van der Waals surface area contributed by atoms with Gasteiger partial charge in [0, 0.05) is 36.9 Å². The van der Waals surface area contributed by atoms with Crippen molar-refractivity contribution in [3.8, 4) is 0 Å². The van der Waals surface area contributed by atoms with Gasteiger partial charge in [-0.3, -0.25) is 5.10 Å². The molecule has 0 radical (unpaired) electrons. The average Bonchev–Trinajstić information content (AvgIpc) is 3.11. The number of benzene rings is 2. The molecule has 0 fully saturated rings. The molecule has 2 heterocycles. The highest BCUT2D eigenvalue weighted by atomic mass is 15.1. The van der Waals surface area contributed by atoms with Gasteiger partial charge in [0.15, 0.2) is 0 Å². The van der Waals surface area contributed by atoms with Crippen LogP contribution in [0.15, 0.2) is 42.6 Å². The Bertz CT molecular complexity index is 790. The minimum absolute atomic E-state index is 0.844. The summed E-state index contributed by atoms with van der Waals surface area (Å²) in [6.07, 6.45) is 3.00. The van der Waals surface area contributed by atoms with Crippen molar-refractivity contribution in [1.82, 2.24) is 10.2 Å². The second-order valence-corrected chi connectivity index (χ2v) is 5.66. The van der Waals surface area contributed by atoms with E-state index in [0.717, 1.165) is 36.1 Å². The first kappa shape index (κ1) is 12.3. The number of nitrogens with zero attached hydrogens (tertiary/aromatic N) is 2. The van der Waals surface area contributed by atoms with Crippen molar-refractivity contribution >= 4 is 22.3 Å². The first-order chi connectivity index (χ1) is 10.3. The number of rotatable bonds is 3. The number of nitrogens with one attached hydrogen (secondary N) is 2. The molecular formula is C17H18N4. The van der Waals surface area contributed by atoms with E-state index in [2.05, 4.69) is 63.9 Å². The highest BCUT2D eigenvalue weighted by Gasteiger charge is 2.15. The van der Waals surface area contributed by atoms with E-state index in [1.54, 1.807) is 0 Å². The van der Waals surface area contributed by atoms with Crippen molar-refractivity contribution in [2.45, 2.75) is 13.0 Å². The Labute approximate surface area is 123 Å². The summed E-state index contributed by atoms with van der Waals surface area (Å²) in [5.41, 5.74) is 6.34. The van der Waals surface area contributed by atoms with Crippen LogP contribution in [0, 0.1) is 0 Å². The highest BCUT2D eigenvalue weighted by molar-refractivity contribution is 5.81. The third kappa shape index (κ3) is 2.23. The van der Waals surface area contributed by atoms with Crippen molar-refractivity contribution in [1.29, 1.82) is 0 Å². The van der Waals surface area contributed by atoms with Gasteiger partial charge in [-0.05, 0) is 41.8 Å². The number of aromatic nitrogens is 2. The monoisotopic (exact) mass is 278 g/mol. The lowest BCUT2D eigenvalue weighted by Crippen LogP contribution is -2.12. The number of hydrogen-bond acceptors (Lipinski definition) is 3. The Morgan fingerprint density at radius 3 is 3.14 bits per heavy atom. The molecule has 0 saturated carbocycles. The molecule has 1 aromatic heterocycles. The summed E-state index contributed by atoms with van der Waals surface area (Å²) < 4.78 is 0. The first-order valence-electron chi connectivity index (χ1n) is 7.29. The van der Waals surface area contributed by atoms with Crippen LogP contribution < -0.4 is 10.2 Å². The van der Waals surface area contributed by atoms with E-state index in [1.807, 2.05) is 6.20 Å². The Hall–Kier alpha value is -2.49. The molecule has 106 valence electrons. The molecule has 3 aromatic rings. The van der Waals surface area contributed by atoms with E-state index in [4.69, 9.17) is 0 Å². The normalized spacial score (nSPS) is 13.7. The van der Waals surface area contributed by atoms with E-state index in [-0.39, 0.29) is 0 Å². The molecule has 2 aromatic carbocycles. The summed E-state index contributed by atoms with van der Waals surface area (Å²) in [5, 5.41) is 11.7. The van der Waals surface area contributed by atoms with Gasteiger partial charge in [0.25, 0.3) is 0 Å². The van der Waals surface area contributed by atoms with Crippen molar-refractivity contribution in [2.75, 3.05) is 23.8 Å². The third-order valence-electron chi connectivity index (χ3n) is 4.21. The van der Waals surface area contributed by atoms with E-state index in [9.17, 15) is 0 Å². The minimum Gasteiger partial charge on any atom is -0.381 e. The SMILES string of the molecule is CN1CCc2cc(CNc3ccc4cn[nH]c4c3)ccc21. The molecule has 4 rings (SSSR count). The summed E-state index contributed by atoms with van der Waals surface area (Å²) in [7, 11) is 2.16. The summed E-state index contributed by atoms with van der Waals surface area (Å²) in [6, 6.07) is 13.0. The van der Waals surface area contributed by atoms with Gasteiger partial charge >= 0.3 is 0 Å². The zero-order chi connectivity index (χ0) is 14.2. The molecule has 0 atom stereocenters. The predicted molar refractivity (Wildman–Crippen MR) is 86.8 cm³/mol. The Morgan fingerprint density at radius 2 is 2.19 bits per heavy atom. The van der Waals surface area contributed by atoms with Gasteiger partial charge in [-0.15, -0.1) is 0 Å². The third-order valence-corrected chi connectivity index (χ3v) is 4.21. The predicted octanol–water partition coefficient (Wildman–Crippen LogP) is 3.17. The number of aromatic amines is 1. The summed E-state index contributed by atoms with van der Waals surface area (Å²) in [4.78, 5) is 2.32. The molecule has 0 bridgehead atoms. The van der Waals surface area contributed by atoms with Crippen LogP contribution in [-0.2, 0) is 13.0 Å². The molecule has 0 unspecified atom stereocenters. The molecule has 0 aliphatic carbocycles. The average molecular weight is 278 g/mol. The Balaban J connectivity index is 1.51. The van der Waals surface area contributed by atoms with Crippen LogP contribution in [-0.4, -0.2) is 23.8 Å². The van der Waals surface area contributed by atoms with Crippen LogP contribution >= 0.6 is 0 Å². The van der Waals surface area contributed by atoms with Gasteiger partial charge in [-0.25, -0.2) is 0 Å². The van der Waals surface area contributed by atoms with E-state index in [0.29, 0.717) is 0 Å². The Kier molecular flexibility index (Phi) is 2.81. The van der Waals surface area contributed by atoms with Crippen molar-refractivity contribution in [3.05, 3.63) is 53.7 Å². The molecule has 4 heteroatoms. The summed E-state index contributed by atoms with van der Waals surface area (Å²) >= 11 is 0. The van der Waals surface area contributed by atoms with Gasteiger partial charge in [-0.1, -0.05) is 12.1 Å². The van der Waals surface area contributed by atoms with Crippen molar-refractivity contribution < 1.29 is 0 Å². The molecule has 0 saturated heterocycles. The number of anilines is 2. The second kappa shape index (κ2) is 4.81. The van der Waals surface area contributed by atoms with Crippen LogP contribution in [0.3, 0.4) is 0 Å². The summed E-state index contributed by atoms with van der Waals surface area (Å²) in [5.74, 6) is 0.